The second kappa shape index (κ2) is 4.23. The van der Waals surface area contributed by atoms with Gasteiger partial charge in [0.15, 0.2) is 0 Å². The average Bonchev–Trinajstić information content (AvgIpc) is 2.97. The topological polar surface area (TPSA) is 35.2 Å². The van der Waals surface area contributed by atoms with Crippen molar-refractivity contribution < 1.29 is 4.74 Å². The van der Waals surface area contributed by atoms with Crippen molar-refractivity contribution in [1.82, 2.24) is 0 Å². The van der Waals surface area contributed by atoms with E-state index >= 15 is 0 Å². The van der Waals surface area contributed by atoms with Crippen molar-refractivity contribution in [3.8, 4) is 5.75 Å². The summed E-state index contributed by atoms with van der Waals surface area (Å²) in [4.78, 5) is 0. The first-order valence-corrected chi connectivity index (χ1v) is 5.73. The number of ether oxygens (including phenoxy) is 1. The molecule has 0 saturated heterocycles. The Balaban J connectivity index is 1.99. The van der Waals surface area contributed by atoms with E-state index in [1.807, 2.05) is 12.1 Å². The minimum absolute atomic E-state index is 0.0284. The van der Waals surface area contributed by atoms with Crippen molar-refractivity contribution in [2.24, 2.45) is 5.73 Å². The zero-order chi connectivity index (χ0) is 10.7. The first-order valence-electron chi connectivity index (χ1n) is 5.73. The monoisotopic (exact) mass is 205 g/mol. The second-order valence-electron chi connectivity index (χ2n) is 4.51. The standard InChI is InChI=1S/C13H19NO/c1-2-5-11-6-3-4-7-12(11)15-10-13(14)8-9-13/h3-4,6-7H,2,5,8-10,14H2,1H3. The molecule has 1 aliphatic carbocycles. The first kappa shape index (κ1) is 10.5. The molecular weight excluding hydrogens is 186 g/mol. The Morgan fingerprint density at radius 1 is 1.33 bits per heavy atom. The van der Waals surface area contributed by atoms with E-state index in [0.29, 0.717) is 6.61 Å². The summed E-state index contributed by atoms with van der Waals surface area (Å²) in [5, 5.41) is 0. The summed E-state index contributed by atoms with van der Waals surface area (Å²) in [7, 11) is 0. The van der Waals surface area contributed by atoms with Gasteiger partial charge in [-0.2, -0.15) is 0 Å². The van der Waals surface area contributed by atoms with E-state index in [2.05, 4.69) is 19.1 Å². The Hall–Kier alpha value is -1.02. The number of rotatable bonds is 5. The molecule has 15 heavy (non-hydrogen) atoms. The molecule has 2 heteroatoms. The summed E-state index contributed by atoms with van der Waals surface area (Å²) in [5.41, 5.74) is 7.26. The SMILES string of the molecule is CCCc1ccccc1OCC1(N)CC1. The van der Waals surface area contributed by atoms with Crippen LogP contribution in [0.25, 0.3) is 0 Å². The number of hydrogen-bond donors (Lipinski definition) is 1. The molecule has 82 valence electrons. The molecule has 1 aromatic rings. The fraction of sp³-hybridized carbons (Fsp3) is 0.538. The van der Waals surface area contributed by atoms with Crippen LogP contribution in [0.1, 0.15) is 31.7 Å². The Morgan fingerprint density at radius 3 is 2.73 bits per heavy atom. The molecule has 0 unspecified atom stereocenters. The van der Waals surface area contributed by atoms with Gasteiger partial charge in [0.2, 0.25) is 0 Å². The molecular formula is C13H19NO. The Bertz CT molecular complexity index is 331. The van der Waals surface area contributed by atoms with Gasteiger partial charge >= 0.3 is 0 Å². The predicted octanol–water partition coefficient (Wildman–Crippen LogP) is 2.51. The third-order valence-corrected chi connectivity index (χ3v) is 2.90. The summed E-state index contributed by atoms with van der Waals surface area (Å²) in [6.07, 6.45) is 4.42. The lowest BCUT2D eigenvalue weighted by molar-refractivity contribution is 0.277. The number of aryl methyl sites for hydroxylation is 1. The maximum Gasteiger partial charge on any atom is 0.122 e. The summed E-state index contributed by atoms with van der Waals surface area (Å²) in [6, 6.07) is 8.25. The van der Waals surface area contributed by atoms with Gasteiger partial charge in [0.1, 0.15) is 12.4 Å². The van der Waals surface area contributed by atoms with E-state index in [0.717, 1.165) is 31.4 Å². The molecule has 0 aromatic heterocycles. The van der Waals surface area contributed by atoms with Gasteiger partial charge < -0.3 is 10.5 Å². The number of benzene rings is 1. The number of nitrogens with two attached hydrogens (primary N) is 1. The van der Waals surface area contributed by atoms with Crippen molar-refractivity contribution in [3.05, 3.63) is 29.8 Å². The fourth-order valence-electron chi connectivity index (χ4n) is 1.65. The third-order valence-electron chi connectivity index (χ3n) is 2.90. The summed E-state index contributed by atoms with van der Waals surface area (Å²) in [6.45, 7) is 2.84. The molecule has 0 bridgehead atoms. The molecule has 2 rings (SSSR count). The van der Waals surface area contributed by atoms with Crippen LogP contribution >= 0.6 is 0 Å². The largest absolute Gasteiger partial charge is 0.491 e. The van der Waals surface area contributed by atoms with Crippen LogP contribution in [-0.4, -0.2) is 12.1 Å². The van der Waals surface area contributed by atoms with Gasteiger partial charge in [-0.25, -0.2) is 0 Å². The Labute approximate surface area is 91.4 Å². The van der Waals surface area contributed by atoms with Crippen molar-refractivity contribution in [2.45, 2.75) is 38.1 Å². The molecule has 2 nitrogen and oxygen atoms in total. The molecule has 1 aliphatic rings. The second-order valence-corrected chi connectivity index (χ2v) is 4.51. The van der Waals surface area contributed by atoms with E-state index in [1.165, 1.54) is 5.56 Å². The molecule has 0 radical (unpaired) electrons. The van der Waals surface area contributed by atoms with Crippen molar-refractivity contribution in [3.63, 3.8) is 0 Å². The number of hydrogen-bond acceptors (Lipinski definition) is 2. The number of para-hydroxylation sites is 1. The van der Waals surface area contributed by atoms with Gasteiger partial charge in [-0.3, -0.25) is 0 Å². The van der Waals surface area contributed by atoms with Gasteiger partial charge in [0.05, 0.1) is 5.54 Å². The van der Waals surface area contributed by atoms with E-state index in [1.54, 1.807) is 0 Å². The molecule has 0 aliphatic heterocycles. The summed E-state index contributed by atoms with van der Waals surface area (Å²) >= 11 is 0. The highest BCUT2D eigenvalue weighted by Gasteiger charge is 2.39. The molecule has 0 atom stereocenters. The van der Waals surface area contributed by atoms with Crippen LogP contribution in [0.2, 0.25) is 0 Å². The molecule has 0 heterocycles. The average molecular weight is 205 g/mol. The molecule has 0 amide bonds. The molecule has 0 spiro atoms. The molecule has 2 N–H and O–H groups in total. The highest BCUT2D eigenvalue weighted by molar-refractivity contribution is 5.33. The summed E-state index contributed by atoms with van der Waals surface area (Å²) in [5.74, 6) is 1.01. The maximum atomic E-state index is 5.99. The fourth-order valence-corrected chi connectivity index (χ4v) is 1.65. The van der Waals surface area contributed by atoms with Gasteiger partial charge in [0, 0.05) is 0 Å². The minimum atomic E-state index is -0.0284. The molecule has 1 fully saturated rings. The van der Waals surface area contributed by atoms with Crippen LogP contribution in [0.3, 0.4) is 0 Å². The minimum Gasteiger partial charge on any atom is -0.491 e. The maximum absolute atomic E-state index is 5.99. The van der Waals surface area contributed by atoms with Crippen LogP contribution in [0.5, 0.6) is 5.75 Å². The zero-order valence-electron chi connectivity index (χ0n) is 9.33. The highest BCUT2D eigenvalue weighted by Crippen LogP contribution is 2.33. The van der Waals surface area contributed by atoms with Crippen molar-refractivity contribution >= 4 is 0 Å². The van der Waals surface area contributed by atoms with Crippen LogP contribution in [-0.2, 0) is 6.42 Å². The zero-order valence-corrected chi connectivity index (χ0v) is 9.33. The van der Waals surface area contributed by atoms with E-state index in [4.69, 9.17) is 10.5 Å². The Kier molecular flexibility index (Phi) is 2.96. The quantitative estimate of drug-likeness (QED) is 0.801. The van der Waals surface area contributed by atoms with Gasteiger partial charge in [0.25, 0.3) is 0 Å². The molecule has 1 aromatic carbocycles. The van der Waals surface area contributed by atoms with Crippen LogP contribution in [0.15, 0.2) is 24.3 Å². The molecule has 1 saturated carbocycles. The van der Waals surface area contributed by atoms with Gasteiger partial charge in [-0.1, -0.05) is 31.5 Å². The van der Waals surface area contributed by atoms with Gasteiger partial charge in [-0.05, 0) is 30.9 Å². The normalized spacial score (nSPS) is 17.5. The van der Waals surface area contributed by atoms with Crippen molar-refractivity contribution in [2.75, 3.05) is 6.61 Å². The van der Waals surface area contributed by atoms with E-state index in [9.17, 15) is 0 Å². The van der Waals surface area contributed by atoms with E-state index < -0.39 is 0 Å². The van der Waals surface area contributed by atoms with Crippen molar-refractivity contribution in [1.29, 1.82) is 0 Å². The highest BCUT2D eigenvalue weighted by atomic mass is 16.5. The third kappa shape index (κ3) is 2.72. The van der Waals surface area contributed by atoms with E-state index in [-0.39, 0.29) is 5.54 Å². The lowest BCUT2D eigenvalue weighted by Gasteiger charge is -2.14. The smallest absolute Gasteiger partial charge is 0.122 e. The van der Waals surface area contributed by atoms with Crippen LogP contribution in [0.4, 0.5) is 0 Å². The van der Waals surface area contributed by atoms with Gasteiger partial charge in [-0.15, -0.1) is 0 Å². The summed E-state index contributed by atoms with van der Waals surface area (Å²) < 4.78 is 5.79. The Morgan fingerprint density at radius 2 is 2.07 bits per heavy atom. The van der Waals surface area contributed by atoms with Crippen LogP contribution in [0, 0.1) is 0 Å². The lowest BCUT2D eigenvalue weighted by atomic mass is 10.1. The van der Waals surface area contributed by atoms with Crippen LogP contribution < -0.4 is 10.5 Å². The first-order chi connectivity index (χ1) is 7.23. The lowest BCUT2D eigenvalue weighted by Crippen LogP contribution is -2.29. The predicted molar refractivity (Wildman–Crippen MR) is 62.1 cm³/mol.